The van der Waals surface area contributed by atoms with E-state index in [0.717, 1.165) is 25.9 Å². The zero-order valence-electron chi connectivity index (χ0n) is 6.58. The molecule has 0 radical (unpaired) electrons. The normalized spacial score (nSPS) is 21.7. The molecular weight excluding hydrogens is 160 g/mol. The van der Waals surface area contributed by atoms with E-state index in [2.05, 4.69) is 15.4 Å². The highest BCUT2D eigenvalue weighted by atomic mass is 17.3. The molecule has 0 spiro atoms. The Bertz CT molecular complexity index is 221. The molecule has 0 aromatic heterocycles. The van der Waals surface area contributed by atoms with Crippen molar-refractivity contribution < 1.29 is 14.7 Å². The van der Waals surface area contributed by atoms with Crippen molar-refractivity contribution in [2.24, 2.45) is 0 Å². The molecule has 0 atom stereocenters. The topological polar surface area (TPSA) is 50.8 Å². The number of hydrogen-bond donors (Lipinski definition) is 1. The Kier molecular flexibility index (Phi) is 1.87. The highest BCUT2D eigenvalue weighted by molar-refractivity contribution is 5.91. The van der Waals surface area contributed by atoms with Gasteiger partial charge in [-0.1, -0.05) is 4.99 Å². The Hall–Kier alpha value is -1.23. The van der Waals surface area contributed by atoms with Gasteiger partial charge >= 0.3 is 0 Å². The molecule has 1 N–H and O–H groups in total. The SMILES string of the molecule is O=C(C1=CNOO1)N1CCCC1. The predicted molar refractivity (Wildman–Crippen MR) is 39.2 cm³/mol. The van der Waals surface area contributed by atoms with E-state index in [9.17, 15) is 4.79 Å². The smallest absolute Gasteiger partial charge is 0.294 e. The first-order valence-corrected chi connectivity index (χ1v) is 3.96. The molecular formula is C7H10N2O3. The summed E-state index contributed by atoms with van der Waals surface area (Å²) in [6.07, 6.45) is 3.57. The van der Waals surface area contributed by atoms with Crippen LogP contribution in [-0.4, -0.2) is 23.9 Å². The van der Waals surface area contributed by atoms with Gasteiger partial charge in [0.15, 0.2) is 0 Å². The number of hydrogen-bond acceptors (Lipinski definition) is 4. The van der Waals surface area contributed by atoms with Crippen LogP contribution in [0.15, 0.2) is 12.0 Å². The van der Waals surface area contributed by atoms with Crippen LogP contribution in [0.2, 0.25) is 0 Å². The lowest BCUT2D eigenvalue weighted by molar-refractivity contribution is -0.274. The number of nitrogens with zero attached hydrogens (tertiary/aromatic N) is 1. The second-order valence-electron chi connectivity index (χ2n) is 2.79. The highest BCUT2D eigenvalue weighted by Crippen LogP contribution is 2.13. The zero-order valence-corrected chi connectivity index (χ0v) is 6.58. The molecule has 1 saturated heterocycles. The van der Waals surface area contributed by atoms with Crippen molar-refractivity contribution in [2.75, 3.05) is 13.1 Å². The average molecular weight is 170 g/mol. The molecule has 2 rings (SSSR count). The molecule has 0 unspecified atom stereocenters. The first kappa shape index (κ1) is 7.42. The minimum absolute atomic E-state index is 0.0995. The Labute approximate surface area is 69.8 Å². The Morgan fingerprint density at radius 1 is 1.50 bits per heavy atom. The molecule has 1 amide bonds. The van der Waals surface area contributed by atoms with Gasteiger partial charge in [-0.3, -0.25) is 4.79 Å². The Morgan fingerprint density at radius 3 is 2.83 bits per heavy atom. The standard InChI is InChI=1S/C7H10N2O3/c10-7(6-5-8-12-11-6)9-3-1-2-4-9/h5,8H,1-4H2. The molecule has 0 bridgehead atoms. The van der Waals surface area contributed by atoms with Crippen LogP contribution in [0.5, 0.6) is 0 Å². The van der Waals surface area contributed by atoms with Crippen LogP contribution in [0.25, 0.3) is 0 Å². The molecule has 2 aliphatic rings. The average Bonchev–Trinajstić information content (AvgIpc) is 2.77. The van der Waals surface area contributed by atoms with Crippen LogP contribution < -0.4 is 5.48 Å². The number of rotatable bonds is 1. The van der Waals surface area contributed by atoms with Gasteiger partial charge in [0, 0.05) is 13.1 Å². The van der Waals surface area contributed by atoms with Gasteiger partial charge in [0.2, 0.25) is 0 Å². The van der Waals surface area contributed by atoms with E-state index in [0.29, 0.717) is 0 Å². The lowest BCUT2D eigenvalue weighted by atomic mass is 10.4. The summed E-state index contributed by atoms with van der Waals surface area (Å²) in [7, 11) is 0. The molecule has 0 saturated carbocycles. The van der Waals surface area contributed by atoms with Gasteiger partial charge in [0.1, 0.15) is 0 Å². The van der Waals surface area contributed by atoms with E-state index in [1.807, 2.05) is 0 Å². The fourth-order valence-corrected chi connectivity index (χ4v) is 1.34. The highest BCUT2D eigenvalue weighted by Gasteiger charge is 2.25. The van der Waals surface area contributed by atoms with E-state index in [4.69, 9.17) is 0 Å². The van der Waals surface area contributed by atoms with Crippen molar-refractivity contribution in [2.45, 2.75) is 12.8 Å². The molecule has 0 aliphatic carbocycles. The van der Waals surface area contributed by atoms with Crippen LogP contribution in [0, 0.1) is 0 Å². The molecule has 5 heteroatoms. The minimum Gasteiger partial charge on any atom is -0.336 e. The van der Waals surface area contributed by atoms with Gasteiger partial charge in [-0.05, 0) is 12.8 Å². The van der Waals surface area contributed by atoms with Gasteiger partial charge in [0.25, 0.3) is 11.7 Å². The lowest BCUT2D eigenvalue weighted by Gasteiger charge is -2.13. The third-order valence-corrected chi connectivity index (χ3v) is 1.97. The third kappa shape index (κ3) is 1.23. The molecule has 12 heavy (non-hydrogen) atoms. The summed E-state index contributed by atoms with van der Waals surface area (Å²) in [6, 6.07) is 0. The summed E-state index contributed by atoms with van der Waals surface area (Å²) >= 11 is 0. The number of likely N-dealkylation sites (tertiary alicyclic amines) is 1. The number of amides is 1. The van der Waals surface area contributed by atoms with Crippen molar-refractivity contribution in [3.05, 3.63) is 12.0 Å². The van der Waals surface area contributed by atoms with Crippen LogP contribution in [0.1, 0.15) is 12.8 Å². The van der Waals surface area contributed by atoms with Crippen molar-refractivity contribution in [3.63, 3.8) is 0 Å². The van der Waals surface area contributed by atoms with Gasteiger partial charge in [-0.15, -0.1) is 0 Å². The van der Waals surface area contributed by atoms with Gasteiger partial charge < -0.3 is 9.79 Å². The lowest BCUT2D eigenvalue weighted by Crippen LogP contribution is -2.29. The minimum atomic E-state index is -0.0995. The summed E-state index contributed by atoms with van der Waals surface area (Å²) in [6.45, 7) is 1.64. The van der Waals surface area contributed by atoms with Crippen LogP contribution in [0.3, 0.4) is 0 Å². The van der Waals surface area contributed by atoms with Crippen LogP contribution in [0.4, 0.5) is 0 Å². The molecule has 2 heterocycles. The second kappa shape index (κ2) is 3.02. The van der Waals surface area contributed by atoms with E-state index in [1.54, 1.807) is 4.90 Å². The van der Waals surface area contributed by atoms with E-state index < -0.39 is 0 Å². The summed E-state index contributed by atoms with van der Waals surface area (Å²) in [5.41, 5.74) is 2.34. The van der Waals surface area contributed by atoms with E-state index >= 15 is 0 Å². The summed E-state index contributed by atoms with van der Waals surface area (Å²) in [4.78, 5) is 22.1. The maximum absolute atomic E-state index is 11.5. The fraction of sp³-hybridized carbons (Fsp3) is 0.571. The van der Waals surface area contributed by atoms with Crippen LogP contribution in [-0.2, 0) is 14.7 Å². The van der Waals surface area contributed by atoms with Gasteiger partial charge in [-0.2, -0.15) is 0 Å². The molecule has 0 aromatic carbocycles. The van der Waals surface area contributed by atoms with Crippen molar-refractivity contribution >= 4 is 5.91 Å². The molecule has 66 valence electrons. The first-order chi connectivity index (χ1) is 5.88. The first-order valence-electron chi connectivity index (χ1n) is 3.96. The van der Waals surface area contributed by atoms with Crippen molar-refractivity contribution in [3.8, 4) is 0 Å². The van der Waals surface area contributed by atoms with E-state index in [1.165, 1.54) is 6.20 Å². The number of nitrogens with one attached hydrogen (secondary N) is 1. The maximum Gasteiger partial charge on any atom is 0.294 e. The molecule has 0 aromatic rings. The molecule has 2 aliphatic heterocycles. The maximum atomic E-state index is 11.5. The largest absolute Gasteiger partial charge is 0.336 e. The summed E-state index contributed by atoms with van der Waals surface area (Å²) in [5.74, 6) is 0.134. The van der Waals surface area contributed by atoms with E-state index in [-0.39, 0.29) is 11.7 Å². The van der Waals surface area contributed by atoms with Gasteiger partial charge in [-0.25, -0.2) is 5.48 Å². The molecule has 1 fully saturated rings. The number of carbonyl (C=O) groups is 1. The second-order valence-corrected chi connectivity index (χ2v) is 2.79. The van der Waals surface area contributed by atoms with Gasteiger partial charge in [0.05, 0.1) is 6.20 Å². The fourth-order valence-electron chi connectivity index (χ4n) is 1.34. The van der Waals surface area contributed by atoms with Crippen LogP contribution >= 0.6 is 0 Å². The summed E-state index contributed by atoms with van der Waals surface area (Å²) < 4.78 is 0. The predicted octanol–water partition coefficient (Wildman–Crippen LogP) is -0.0834. The summed E-state index contributed by atoms with van der Waals surface area (Å²) in [5, 5.41) is 0. The number of carbonyl (C=O) groups excluding carboxylic acids is 1. The van der Waals surface area contributed by atoms with Crippen molar-refractivity contribution in [1.29, 1.82) is 0 Å². The number of hydroxylamine groups is 1. The zero-order chi connectivity index (χ0) is 8.39. The van der Waals surface area contributed by atoms with Crippen molar-refractivity contribution in [1.82, 2.24) is 10.4 Å². The Morgan fingerprint density at radius 2 is 2.25 bits per heavy atom. The Balaban J connectivity index is 1.98. The third-order valence-electron chi connectivity index (χ3n) is 1.97. The monoisotopic (exact) mass is 170 g/mol. The molecule has 5 nitrogen and oxygen atoms in total. The quantitative estimate of drug-likeness (QED) is 0.559.